The molecule has 0 unspecified atom stereocenters. The number of methoxy groups -OCH3 is 1. The molecular formula is C17H33NO5. The molecule has 136 valence electrons. The number of aliphatic hydroxyl groups excluding tert-OH is 1. The first kappa shape index (κ1) is 23.7. The largest absolute Gasteiger partial charge is 0.469 e. The van der Waals surface area contributed by atoms with Gasteiger partial charge in [0.15, 0.2) is 0 Å². The fourth-order valence-electron chi connectivity index (χ4n) is 1.62. The number of esters is 1. The van der Waals surface area contributed by atoms with Crippen LogP contribution in [-0.4, -0.2) is 37.2 Å². The van der Waals surface area contributed by atoms with Crippen LogP contribution in [0.3, 0.4) is 0 Å². The fraction of sp³-hybridized carbons (Fsp3) is 0.765. The number of hydrogen-bond donors (Lipinski definition) is 2. The van der Waals surface area contributed by atoms with E-state index in [4.69, 9.17) is 14.6 Å². The Labute approximate surface area is 140 Å². The first-order valence-electron chi connectivity index (χ1n) is 8.46. The minimum Gasteiger partial charge on any atom is -0.469 e. The fourth-order valence-corrected chi connectivity index (χ4v) is 1.62. The van der Waals surface area contributed by atoms with Crippen molar-refractivity contribution in [3.63, 3.8) is 0 Å². The number of unbranched alkanes of at least 4 members (excludes halogenated alkanes) is 2. The molecule has 0 saturated heterocycles. The Morgan fingerprint density at radius 3 is 2.35 bits per heavy atom. The Morgan fingerprint density at radius 1 is 1.09 bits per heavy atom. The van der Waals surface area contributed by atoms with Gasteiger partial charge < -0.3 is 19.9 Å². The van der Waals surface area contributed by atoms with Crippen LogP contribution in [0, 0.1) is 0 Å². The molecule has 1 amide bonds. The van der Waals surface area contributed by atoms with Crippen LogP contribution in [0.15, 0.2) is 12.0 Å². The Balaban J connectivity index is 0. The van der Waals surface area contributed by atoms with Crippen LogP contribution in [-0.2, 0) is 19.1 Å². The minimum atomic E-state index is -0.302. The number of aliphatic hydroxyl groups is 1. The van der Waals surface area contributed by atoms with Gasteiger partial charge in [0, 0.05) is 26.0 Å². The average Bonchev–Trinajstić information content (AvgIpc) is 2.57. The van der Waals surface area contributed by atoms with E-state index in [0.29, 0.717) is 32.2 Å². The summed E-state index contributed by atoms with van der Waals surface area (Å²) >= 11 is 0. The zero-order valence-corrected chi connectivity index (χ0v) is 15.0. The molecule has 0 aromatic carbocycles. The predicted molar refractivity (Wildman–Crippen MR) is 90.6 cm³/mol. The van der Waals surface area contributed by atoms with Crippen molar-refractivity contribution in [3.05, 3.63) is 12.0 Å². The molecule has 0 fully saturated rings. The van der Waals surface area contributed by atoms with Gasteiger partial charge in [-0.25, -0.2) is 0 Å². The van der Waals surface area contributed by atoms with E-state index in [9.17, 15) is 9.59 Å². The number of carbonyl (C=O) groups is 2. The maximum Gasteiger partial charge on any atom is 0.313 e. The molecule has 2 N–H and O–H groups in total. The van der Waals surface area contributed by atoms with E-state index in [0.717, 1.165) is 19.3 Å². The van der Waals surface area contributed by atoms with Gasteiger partial charge in [-0.3, -0.25) is 9.59 Å². The third-order valence-corrected chi connectivity index (χ3v) is 2.73. The van der Waals surface area contributed by atoms with Gasteiger partial charge in [0.05, 0.1) is 7.11 Å². The van der Waals surface area contributed by atoms with Gasteiger partial charge in [0.1, 0.15) is 0 Å². The maximum absolute atomic E-state index is 11.5. The molecule has 23 heavy (non-hydrogen) atoms. The molecule has 0 aromatic rings. The second kappa shape index (κ2) is 18.5. The van der Waals surface area contributed by atoms with Crippen molar-refractivity contribution >= 4 is 11.9 Å². The lowest BCUT2D eigenvalue weighted by Crippen LogP contribution is -2.24. The van der Waals surface area contributed by atoms with E-state index in [-0.39, 0.29) is 24.4 Å². The van der Waals surface area contributed by atoms with Crippen molar-refractivity contribution in [1.29, 1.82) is 0 Å². The van der Waals surface area contributed by atoms with Crippen molar-refractivity contribution in [2.45, 2.75) is 65.7 Å². The summed E-state index contributed by atoms with van der Waals surface area (Å²) in [6.45, 7) is 6.56. The van der Waals surface area contributed by atoms with Gasteiger partial charge in [-0.05, 0) is 31.8 Å². The van der Waals surface area contributed by atoms with E-state index in [1.807, 2.05) is 20.8 Å². The molecule has 0 aliphatic heterocycles. The van der Waals surface area contributed by atoms with E-state index in [2.05, 4.69) is 5.32 Å². The molecule has 0 atom stereocenters. The summed E-state index contributed by atoms with van der Waals surface area (Å²) in [5, 5.41) is 11.4. The van der Waals surface area contributed by atoms with Crippen LogP contribution in [0.1, 0.15) is 65.7 Å². The Hall–Kier alpha value is -1.56. The van der Waals surface area contributed by atoms with Gasteiger partial charge in [0.25, 0.3) is 5.95 Å². The Morgan fingerprint density at radius 2 is 1.78 bits per heavy atom. The van der Waals surface area contributed by atoms with Crippen molar-refractivity contribution in [2.24, 2.45) is 0 Å². The quantitative estimate of drug-likeness (QED) is 0.326. The lowest BCUT2D eigenvalue weighted by molar-refractivity contribution is -0.144. The summed E-state index contributed by atoms with van der Waals surface area (Å²) in [6.07, 6.45) is 6.01. The second-order valence-corrected chi connectivity index (χ2v) is 4.60. The molecule has 0 aliphatic carbocycles. The molecule has 6 heteroatoms. The second-order valence-electron chi connectivity index (χ2n) is 4.60. The maximum atomic E-state index is 11.5. The average molecular weight is 331 g/mol. The summed E-state index contributed by atoms with van der Waals surface area (Å²) in [6, 6.07) is 0. The monoisotopic (exact) mass is 331 g/mol. The topological polar surface area (TPSA) is 84.9 Å². The highest BCUT2D eigenvalue weighted by molar-refractivity contribution is 5.75. The number of hydrogen-bond acceptors (Lipinski definition) is 5. The lowest BCUT2D eigenvalue weighted by Gasteiger charge is -2.07. The molecule has 0 aromatic heterocycles. The summed E-state index contributed by atoms with van der Waals surface area (Å²) in [7, 11) is 1.47. The van der Waals surface area contributed by atoms with E-state index in [1.54, 1.807) is 6.08 Å². The molecule has 0 heterocycles. The SMILES string of the molecule is CC.CC/C=C(\OC)OC(=O)CCCCCNC(=O)CCCO. The summed E-state index contributed by atoms with van der Waals surface area (Å²) < 4.78 is 9.95. The van der Waals surface area contributed by atoms with Gasteiger partial charge in [-0.2, -0.15) is 0 Å². The number of nitrogens with one attached hydrogen (secondary N) is 1. The molecule has 0 aliphatic rings. The Kier molecular flexibility index (Phi) is 19.1. The predicted octanol–water partition coefficient (Wildman–Crippen LogP) is 2.90. The smallest absolute Gasteiger partial charge is 0.313 e. The molecule has 6 nitrogen and oxygen atoms in total. The van der Waals surface area contributed by atoms with Gasteiger partial charge in [-0.15, -0.1) is 0 Å². The van der Waals surface area contributed by atoms with Crippen LogP contribution < -0.4 is 5.32 Å². The number of carbonyl (C=O) groups excluding carboxylic acids is 2. The van der Waals surface area contributed by atoms with E-state index < -0.39 is 0 Å². The molecular weight excluding hydrogens is 298 g/mol. The van der Waals surface area contributed by atoms with Gasteiger partial charge >= 0.3 is 5.97 Å². The number of allylic oxidation sites excluding steroid dienone is 1. The normalized spacial score (nSPS) is 10.4. The summed E-state index contributed by atoms with van der Waals surface area (Å²) in [4.78, 5) is 22.8. The van der Waals surface area contributed by atoms with Crippen molar-refractivity contribution < 1.29 is 24.2 Å². The lowest BCUT2D eigenvalue weighted by atomic mass is 10.2. The molecule has 0 bridgehead atoms. The molecule has 0 spiro atoms. The molecule has 0 rings (SSSR count). The van der Waals surface area contributed by atoms with Crippen LogP contribution >= 0.6 is 0 Å². The molecule has 0 saturated carbocycles. The zero-order chi connectivity index (χ0) is 17.9. The highest BCUT2D eigenvalue weighted by Gasteiger charge is 2.06. The van der Waals surface area contributed by atoms with Crippen molar-refractivity contribution in [1.82, 2.24) is 5.32 Å². The first-order valence-corrected chi connectivity index (χ1v) is 8.46. The Bertz CT molecular complexity index is 329. The first-order chi connectivity index (χ1) is 11.1. The van der Waals surface area contributed by atoms with Crippen LogP contribution in [0.25, 0.3) is 0 Å². The standard InChI is InChI=1S/C15H27NO5.C2H6/c1-3-8-15(20-2)21-14(19)10-5-4-6-11-16-13(18)9-7-12-17;1-2/h8,17H,3-7,9-12H2,1-2H3,(H,16,18);1-2H3/b15-8+;. The minimum absolute atomic E-state index is 0.0332. The highest BCUT2D eigenvalue weighted by atomic mass is 16.7. The third kappa shape index (κ3) is 16.6. The van der Waals surface area contributed by atoms with Gasteiger partial charge in [0.2, 0.25) is 5.91 Å². The van der Waals surface area contributed by atoms with Crippen LogP contribution in [0.4, 0.5) is 0 Å². The number of amides is 1. The number of ether oxygens (including phenoxy) is 2. The molecule has 0 radical (unpaired) electrons. The van der Waals surface area contributed by atoms with E-state index in [1.165, 1.54) is 7.11 Å². The third-order valence-electron chi connectivity index (χ3n) is 2.73. The van der Waals surface area contributed by atoms with Crippen LogP contribution in [0.5, 0.6) is 0 Å². The number of rotatable bonds is 12. The zero-order valence-electron chi connectivity index (χ0n) is 15.0. The van der Waals surface area contributed by atoms with Gasteiger partial charge in [-0.1, -0.05) is 27.2 Å². The van der Waals surface area contributed by atoms with Crippen LogP contribution in [0.2, 0.25) is 0 Å². The van der Waals surface area contributed by atoms with Crippen molar-refractivity contribution in [2.75, 3.05) is 20.3 Å². The van der Waals surface area contributed by atoms with E-state index >= 15 is 0 Å². The summed E-state index contributed by atoms with van der Waals surface area (Å²) in [5.74, 6) is -0.0972. The highest BCUT2D eigenvalue weighted by Crippen LogP contribution is 2.06. The van der Waals surface area contributed by atoms with Crippen molar-refractivity contribution in [3.8, 4) is 0 Å². The summed E-state index contributed by atoms with van der Waals surface area (Å²) in [5.41, 5.74) is 0.